The van der Waals surface area contributed by atoms with E-state index in [9.17, 15) is 14.4 Å². The average molecular weight is 306 g/mol. The molecule has 7 heteroatoms. The maximum absolute atomic E-state index is 12.0. The van der Waals surface area contributed by atoms with E-state index in [1.54, 1.807) is 29.2 Å². The fraction of sp³-hybridized carbons (Fsp3) is 0.400. The largest absolute Gasteiger partial charge is 0.370 e. The van der Waals surface area contributed by atoms with Crippen LogP contribution in [0.5, 0.6) is 0 Å². The molecule has 22 heavy (non-hydrogen) atoms. The van der Waals surface area contributed by atoms with Crippen LogP contribution < -0.4 is 16.4 Å². The van der Waals surface area contributed by atoms with E-state index in [1.807, 2.05) is 13.8 Å². The first-order valence-corrected chi connectivity index (χ1v) is 7.20. The second-order valence-corrected chi connectivity index (χ2v) is 4.66. The summed E-state index contributed by atoms with van der Waals surface area (Å²) < 4.78 is 0. The molecule has 0 spiro atoms. The maximum atomic E-state index is 12.0. The minimum atomic E-state index is -0.472. The molecule has 0 radical (unpaired) electrons. The number of anilines is 1. The van der Waals surface area contributed by atoms with Crippen molar-refractivity contribution < 1.29 is 14.4 Å². The molecule has 0 aromatic heterocycles. The lowest BCUT2D eigenvalue weighted by molar-refractivity contribution is -0.117. The van der Waals surface area contributed by atoms with Crippen LogP contribution in [0.3, 0.4) is 0 Å². The Morgan fingerprint density at radius 1 is 1.18 bits per heavy atom. The highest BCUT2D eigenvalue weighted by atomic mass is 16.2. The van der Waals surface area contributed by atoms with Crippen LogP contribution in [-0.4, -0.2) is 42.4 Å². The summed E-state index contributed by atoms with van der Waals surface area (Å²) in [6.07, 6.45) is 0.0874. The van der Waals surface area contributed by atoms with Gasteiger partial charge in [0, 0.05) is 37.3 Å². The maximum Gasteiger partial charge on any atom is 0.321 e. The molecule has 1 aromatic rings. The van der Waals surface area contributed by atoms with E-state index >= 15 is 0 Å². The molecule has 4 N–H and O–H groups in total. The van der Waals surface area contributed by atoms with Gasteiger partial charge in [0.25, 0.3) is 5.91 Å². The summed E-state index contributed by atoms with van der Waals surface area (Å²) in [5.74, 6) is -0.791. The molecule has 0 aliphatic carbocycles. The Kier molecular flexibility index (Phi) is 6.88. The van der Waals surface area contributed by atoms with Crippen molar-refractivity contribution in [3.05, 3.63) is 29.8 Å². The molecule has 0 bridgehead atoms. The number of benzene rings is 1. The van der Waals surface area contributed by atoms with Gasteiger partial charge >= 0.3 is 6.03 Å². The quantitative estimate of drug-likeness (QED) is 0.704. The van der Waals surface area contributed by atoms with Gasteiger partial charge in [-0.15, -0.1) is 0 Å². The summed E-state index contributed by atoms with van der Waals surface area (Å²) >= 11 is 0. The van der Waals surface area contributed by atoms with Crippen molar-refractivity contribution in [2.24, 2.45) is 5.73 Å². The number of hydrogen-bond acceptors (Lipinski definition) is 3. The Hall–Kier alpha value is -2.57. The molecule has 0 unspecified atom stereocenters. The first-order chi connectivity index (χ1) is 10.5. The standard InChI is InChI=1S/C15H22N4O3/c1-3-19(4-2)15(22)18-12-7-5-6-11(10-12)14(21)17-9-8-13(16)20/h5-7,10H,3-4,8-9H2,1-2H3,(H2,16,20)(H,17,21)(H,18,22). The molecule has 0 aliphatic rings. The average Bonchev–Trinajstić information content (AvgIpc) is 2.48. The third-order valence-corrected chi connectivity index (χ3v) is 3.08. The number of hydrogen-bond donors (Lipinski definition) is 3. The van der Waals surface area contributed by atoms with Gasteiger partial charge in [0.1, 0.15) is 0 Å². The highest BCUT2D eigenvalue weighted by molar-refractivity contribution is 5.97. The third-order valence-electron chi connectivity index (χ3n) is 3.08. The monoisotopic (exact) mass is 306 g/mol. The summed E-state index contributed by atoms with van der Waals surface area (Å²) in [7, 11) is 0. The van der Waals surface area contributed by atoms with Crippen molar-refractivity contribution in [2.45, 2.75) is 20.3 Å². The van der Waals surface area contributed by atoms with E-state index in [0.717, 1.165) is 0 Å². The SMILES string of the molecule is CCN(CC)C(=O)Nc1cccc(C(=O)NCCC(N)=O)c1. The highest BCUT2D eigenvalue weighted by Gasteiger charge is 2.11. The summed E-state index contributed by atoms with van der Waals surface area (Å²) in [5, 5.41) is 5.34. The van der Waals surface area contributed by atoms with Gasteiger partial charge in [0.2, 0.25) is 5.91 Å². The van der Waals surface area contributed by atoms with E-state index in [0.29, 0.717) is 24.3 Å². The molecule has 0 aliphatic heterocycles. The van der Waals surface area contributed by atoms with E-state index < -0.39 is 5.91 Å². The number of carbonyl (C=O) groups is 3. The number of carbonyl (C=O) groups excluding carboxylic acids is 3. The van der Waals surface area contributed by atoms with Gasteiger partial charge in [-0.2, -0.15) is 0 Å². The topological polar surface area (TPSA) is 105 Å². The van der Waals surface area contributed by atoms with E-state index in [-0.39, 0.29) is 24.9 Å². The fourth-order valence-corrected chi connectivity index (χ4v) is 1.85. The lowest BCUT2D eigenvalue weighted by Gasteiger charge is -2.19. The normalized spacial score (nSPS) is 9.91. The zero-order chi connectivity index (χ0) is 16.5. The van der Waals surface area contributed by atoms with Crippen molar-refractivity contribution in [3.63, 3.8) is 0 Å². The van der Waals surface area contributed by atoms with Gasteiger partial charge in [0.05, 0.1) is 0 Å². The Bertz CT molecular complexity index is 541. The highest BCUT2D eigenvalue weighted by Crippen LogP contribution is 2.11. The van der Waals surface area contributed by atoms with Crippen LogP contribution in [0, 0.1) is 0 Å². The number of primary amides is 1. The summed E-state index contributed by atoms with van der Waals surface area (Å²) in [6, 6.07) is 6.40. The van der Waals surface area contributed by atoms with Crippen molar-refractivity contribution in [1.82, 2.24) is 10.2 Å². The first-order valence-electron chi connectivity index (χ1n) is 7.20. The zero-order valence-electron chi connectivity index (χ0n) is 12.9. The van der Waals surface area contributed by atoms with Crippen LogP contribution in [0.2, 0.25) is 0 Å². The molecular weight excluding hydrogens is 284 g/mol. The molecule has 0 atom stereocenters. The Labute approximate surface area is 129 Å². The summed E-state index contributed by atoms with van der Waals surface area (Å²) in [6.45, 7) is 5.19. The van der Waals surface area contributed by atoms with Crippen molar-refractivity contribution in [3.8, 4) is 0 Å². The second kappa shape index (κ2) is 8.66. The molecular formula is C15H22N4O3. The van der Waals surface area contributed by atoms with Crippen molar-refractivity contribution >= 4 is 23.5 Å². The minimum Gasteiger partial charge on any atom is -0.370 e. The van der Waals surface area contributed by atoms with E-state index in [1.165, 1.54) is 0 Å². The third kappa shape index (κ3) is 5.43. The van der Waals surface area contributed by atoms with Gasteiger partial charge in [-0.25, -0.2) is 4.79 Å². The number of amides is 4. The second-order valence-electron chi connectivity index (χ2n) is 4.66. The van der Waals surface area contributed by atoms with Crippen LogP contribution in [-0.2, 0) is 4.79 Å². The van der Waals surface area contributed by atoms with Crippen LogP contribution in [0.15, 0.2) is 24.3 Å². The Balaban J connectivity index is 2.67. The molecule has 7 nitrogen and oxygen atoms in total. The molecule has 1 rings (SSSR count). The van der Waals surface area contributed by atoms with Gasteiger partial charge in [-0.1, -0.05) is 6.07 Å². The van der Waals surface area contributed by atoms with Crippen LogP contribution in [0.4, 0.5) is 10.5 Å². The first kappa shape index (κ1) is 17.5. The lowest BCUT2D eigenvalue weighted by atomic mass is 10.2. The summed E-state index contributed by atoms with van der Waals surface area (Å²) in [5.41, 5.74) is 5.95. The number of rotatable bonds is 7. The molecule has 120 valence electrons. The molecule has 0 heterocycles. The molecule has 0 saturated heterocycles. The number of urea groups is 1. The Morgan fingerprint density at radius 2 is 1.86 bits per heavy atom. The fourth-order valence-electron chi connectivity index (χ4n) is 1.85. The van der Waals surface area contributed by atoms with Gasteiger partial charge in [-0.3, -0.25) is 9.59 Å². The predicted molar refractivity (Wildman–Crippen MR) is 84.5 cm³/mol. The molecule has 0 fully saturated rings. The van der Waals surface area contributed by atoms with Crippen molar-refractivity contribution in [2.75, 3.05) is 25.0 Å². The van der Waals surface area contributed by atoms with Crippen molar-refractivity contribution in [1.29, 1.82) is 0 Å². The molecule has 1 aromatic carbocycles. The number of nitrogens with two attached hydrogens (primary N) is 1. The predicted octanol–water partition coefficient (Wildman–Crippen LogP) is 1.17. The van der Waals surface area contributed by atoms with E-state index in [2.05, 4.69) is 10.6 Å². The van der Waals surface area contributed by atoms with Gasteiger partial charge in [-0.05, 0) is 32.0 Å². The van der Waals surface area contributed by atoms with Gasteiger partial charge in [0.15, 0.2) is 0 Å². The zero-order valence-corrected chi connectivity index (χ0v) is 12.9. The van der Waals surface area contributed by atoms with Gasteiger partial charge < -0.3 is 21.3 Å². The van der Waals surface area contributed by atoms with Crippen LogP contribution in [0.1, 0.15) is 30.6 Å². The lowest BCUT2D eigenvalue weighted by Crippen LogP contribution is -2.34. The molecule has 0 saturated carbocycles. The number of nitrogens with one attached hydrogen (secondary N) is 2. The summed E-state index contributed by atoms with van der Waals surface area (Å²) in [4.78, 5) is 36.2. The van der Waals surface area contributed by atoms with Crippen LogP contribution in [0.25, 0.3) is 0 Å². The smallest absolute Gasteiger partial charge is 0.321 e. The number of nitrogens with zero attached hydrogens (tertiary/aromatic N) is 1. The Morgan fingerprint density at radius 3 is 2.45 bits per heavy atom. The minimum absolute atomic E-state index is 0.0874. The van der Waals surface area contributed by atoms with Crippen LogP contribution >= 0.6 is 0 Å². The molecule has 4 amide bonds. The van der Waals surface area contributed by atoms with E-state index in [4.69, 9.17) is 5.73 Å².